The second kappa shape index (κ2) is 8.02. The van der Waals surface area contributed by atoms with Gasteiger partial charge in [0.2, 0.25) is 0 Å². The molecule has 0 aromatic heterocycles. The second-order valence-electron chi connectivity index (χ2n) is 5.84. The number of aromatic carboxylic acids is 2. The second-order valence-corrected chi connectivity index (χ2v) is 7.91. The monoisotopic (exact) mass is 424 g/mol. The van der Waals surface area contributed by atoms with Crippen LogP contribution in [0.2, 0.25) is 0 Å². The van der Waals surface area contributed by atoms with Gasteiger partial charge >= 0.3 is 11.9 Å². The van der Waals surface area contributed by atoms with Crippen molar-refractivity contribution in [2.24, 2.45) is 0 Å². The molecule has 0 saturated heterocycles. The van der Waals surface area contributed by atoms with Gasteiger partial charge < -0.3 is 10.2 Å². The van der Waals surface area contributed by atoms with Crippen LogP contribution in [0.1, 0.15) is 31.8 Å². The number of rotatable bonds is 8. The summed E-state index contributed by atoms with van der Waals surface area (Å²) in [6, 6.07) is 5.42. The van der Waals surface area contributed by atoms with Crippen LogP contribution in [0.15, 0.2) is 36.4 Å². The molecular formula is C16H12N2O10S. The average Bonchev–Trinajstić information content (AvgIpc) is 2.60. The highest BCUT2D eigenvalue weighted by molar-refractivity contribution is 7.89. The maximum Gasteiger partial charge on any atom is 0.335 e. The third kappa shape index (κ3) is 5.10. The summed E-state index contributed by atoms with van der Waals surface area (Å²) >= 11 is 0. The zero-order chi connectivity index (χ0) is 21.9. The van der Waals surface area contributed by atoms with Crippen molar-refractivity contribution in [2.75, 3.05) is 0 Å². The Morgan fingerprint density at radius 2 is 1.14 bits per heavy atom. The Labute approximate surface area is 162 Å². The molecule has 0 radical (unpaired) electrons. The fourth-order valence-electron chi connectivity index (χ4n) is 2.50. The summed E-state index contributed by atoms with van der Waals surface area (Å²) in [4.78, 5) is 42.3. The number of sulfone groups is 1. The standard InChI is InChI=1S/C16H12N2O10S/c19-15(20)9-1-3-11(13(5-9)17(23)24)7-29(27,28)8-12-4-2-10(16(21)22)6-14(12)18(25)26/h1-6H,7-8H2,(H,19,20)(H,21,22). The number of nitro benzene ring substituents is 2. The minimum Gasteiger partial charge on any atom is -0.478 e. The summed E-state index contributed by atoms with van der Waals surface area (Å²) in [5.41, 5.74) is -2.82. The molecule has 0 heterocycles. The Hall–Kier alpha value is -3.87. The van der Waals surface area contributed by atoms with E-state index in [1.807, 2.05) is 0 Å². The van der Waals surface area contributed by atoms with E-state index in [0.29, 0.717) is 0 Å². The molecule has 2 aromatic rings. The number of carboxylic acids is 2. The first kappa shape index (κ1) is 21.4. The maximum atomic E-state index is 12.5. The lowest BCUT2D eigenvalue weighted by atomic mass is 10.1. The topological polar surface area (TPSA) is 195 Å². The summed E-state index contributed by atoms with van der Waals surface area (Å²) in [5.74, 6) is -4.62. The van der Waals surface area contributed by atoms with Gasteiger partial charge in [-0.15, -0.1) is 0 Å². The molecule has 13 heteroatoms. The van der Waals surface area contributed by atoms with Gasteiger partial charge in [-0.25, -0.2) is 18.0 Å². The summed E-state index contributed by atoms with van der Waals surface area (Å²) in [6.45, 7) is 0. The van der Waals surface area contributed by atoms with Gasteiger partial charge in [0.1, 0.15) is 0 Å². The molecule has 2 rings (SSSR count). The fourth-order valence-corrected chi connectivity index (χ4v) is 4.04. The lowest BCUT2D eigenvalue weighted by Crippen LogP contribution is -2.12. The largest absolute Gasteiger partial charge is 0.478 e. The first-order valence-electron chi connectivity index (χ1n) is 7.63. The van der Waals surface area contributed by atoms with Crippen LogP contribution in [0.3, 0.4) is 0 Å². The molecule has 0 aliphatic rings. The van der Waals surface area contributed by atoms with E-state index in [9.17, 15) is 38.2 Å². The summed E-state index contributed by atoms with van der Waals surface area (Å²) in [5, 5.41) is 40.1. The van der Waals surface area contributed by atoms with Crippen LogP contribution in [-0.4, -0.2) is 40.4 Å². The lowest BCUT2D eigenvalue weighted by molar-refractivity contribution is -0.385. The molecule has 2 N–H and O–H groups in total. The predicted molar refractivity (Wildman–Crippen MR) is 96.4 cm³/mol. The molecule has 0 saturated carbocycles. The first-order chi connectivity index (χ1) is 13.4. The predicted octanol–water partition coefficient (Wildman–Crippen LogP) is 2.01. The van der Waals surface area contributed by atoms with Crippen LogP contribution in [0.5, 0.6) is 0 Å². The van der Waals surface area contributed by atoms with Gasteiger partial charge in [-0.3, -0.25) is 20.2 Å². The van der Waals surface area contributed by atoms with E-state index in [0.717, 1.165) is 36.4 Å². The highest BCUT2D eigenvalue weighted by Crippen LogP contribution is 2.27. The number of nitro groups is 2. The van der Waals surface area contributed by atoms with Gasteiger partial charge in [-0.2, -0.15) is 0 Å². The number of carboxylic acid groups (broad SMARTS) is 2. The third-order valence-corrected chi connectivity index (χ3v) is 5.31. The third-order valence-electron chi connectivity index (χ3n) is 3.81. The summed E-state index contributed by atoms with van der Waals surface area (Å²) < 4.78 is 25.0. The van der Waals surface area contributed by atoms with E-state index in [-0.39, 0.29) is 11.1 Å². The van der Waals surface area contributed by atoms with E-state index in [1.165, 1.54) is 0 Å². The fraction of sp³-hybridized carbons (Fsp3) is 0.125. The van der Waals surface area contributed by atoms with E-state index in [4.69, 9.17) is 10.2 Å². The van der Waals surface area contributed by atoms with Crippen molar-refractivity contribution in [2.45, 2.75) is 11.5 Å². The van der Waals surface area contributed by atoms with Gasteiger partial charge in [0.15, 0.2) is 9.84 Å². The van der Waals surface area contributed by atoms with Crippen LogP contribution >= 0.6 is 0 Å². The molecule has 0 aliphatic carbocycles. The van der Waals surface area contributed by atoms with Gasteiger partial charge in [-0.1, -0.05) is 12.1 Å². The molecule has 0 bridgehead atoms. The lowest BCUT2D eigenvalue weighted by Gasteiger charge is -2.08. The van der Waals surface area contributed by atoms with Crippen molar-refractivity contribution in [1.29, 1.82) is 0 Å². The molecule has 152 valence electrons. The smallest absolute Gasteiger partial charge is 0.335 e. The van der Waals surface area contributed by atoms with Crippen molar-refractivity contribution in [1.82, 2.24) is 0 Å². The average molecular weight is 424 g/mol. The Morgan fingerprint density at radius 1 is 0.793 bits per heavy atom. The molecule has 12 nitrogen and oxygen atoms in total. The van der Waals surface area contributed by atoms with Crippen LogP contribution in [0.25, 0.3) is 0 Å². The van der Waals surface area contributed by atoms with Gasteiger partial charge in [0.05, 0.1) is 32.5 Å². The van der Waals surface area contributed by atoms with Gasteiger partial charge in [0.25, 0.3) is 11.4 Å². The number of carbonyl (C=O) groups is 2. The molecule has 0 aliphatic heterocycles. The Bertz CT molecular complexity index is 1060. The van der Waals surface area contributed by atoms with Crippen LogP contribution in [-0.2, 0) is 21.3 Å². The maximum absolute atomic E-state index is 12.5. The number of hydrogen-bond acceptors (Lipinski definition) is 8. The van der Waals surface area contributed by atoms with E-state index in [2.05, 4.69) is 0 Å². The highest BCUT2D eigenvalue weighted by Gasteiger charge is 2.26. The Morgan fingerprint density at radius 3 is 1.41 bits per heavy atom. The molecule has 29 heavy (non-hydrogen) atoms. The zero-order valence-corrected chi connectivity index (χ0v) is 15.2. The molecule has 0 unspecified atom stereocenters. The van der Waals surface area contributed by atoms with E-state index in [1.54, 1.807) is 0 Å². The Kier molecular flexibility index (Phi) is 5.92. The van der Waals surface area contributed by atoms with Crippen molar-refractivity contribution >= 4 is 33.2 Å². The minimum absolute atomic E-state index is 0.287. The van der Waals surface area contributed by atoms with Crippen LogP contribution < -0.4 is 0 Å². The summed E-state index contributed by atoms with van der Waals surface area (Å²) in [7, 11) is -4.17. The molecule has 0 atom stereocenters. The highest BCUT2D eigenvalue weighted by atomic mass is 32.2. The van der Waals surface area contributed by atoms with E-state index < -0.39 is 65.6 Å². The van der Waals surface area contributed by atoms with Crippen LogP contribution in [0, 0.1) is 20.2 Å². The SMILES string of the molecule is O=C(O)c1ccc(CS(=O)(=O)Cc2ccc(C(=O)O)cc2[N+](=O)[O-])c([N+](=O)[O-])c1. The van der Waals surface area contributed by atoms with E-state index >= 15 is 0 Å². The normalized spacial score (nSPS) is 11.0. The summed E-state index contributed by atoms with van der Waals surface area (Å²) in [6.07, 6.45) is 0. The van der Waals surface area contributed by atoms with Gasteiger partial charge in [0, 0.05) is 23.3 Å². The minimum atomic E-state index is -4.17. The number of benzene rings is 2. The molecular weight excluding hydrogens is 412 g/mol. The van der Waals surface area contributed by atoms with Crippen molar-refractivity contribution in [3.8, 4) is 0 Å². The van der Waals surface area contributed by atoms with Crippen molar-refractivity contribution in [3.05, 3.63) is 78.9 Å². The molecule has 0 amide bonds. The number of nitrogens with zero attached hydrogens (tertiary/aromatic N) is 2. The van der Waals surface area contributed by atoms with Crippen molar-refractivity contribution < 1.29 is 38.1 Å². The van der Waals surface area contributed by atoms with Crippen LogP contribution in [0.4, 0.5) is 11.4 Å². The molecule has 0 fully saturated rings. The van der Waals surface area contributed by atoms with Crippen molar-refractivity contribution in [3.63, 3.8) is 0 Å². The molecule has 0 spiro atoms. The Balaban J connectivity index is 2.41. The van der Waals surface area contributed by atoms with Gasteiger partial charge in [-0.05, 0) is 12.1 Å². The number of hydrogen-bond donors (Lipinski definition) is 2. The quantitative estimate of drug-likeness (QED) is 0.467. The first-order valence-corrected chi connectivity index (χ1v) is 9.45. The zero-order valence-electron chi connectivity index (χ0n) is 14.3. The molecule has 2 aromatic carbocycles.